The van der Waals surface area contributed by atoms with Gasteiger partial charge in [0, 0.05) is 19.1 Å². The van der Waals surface area contributed by atoms with Crippen molar-refractivity contribution in [1.29, 1.82) is 0 Å². The number of carbonyl (C=O) groups is 1. The molecule has 2 N–H and O–H groups in total. The van der Waals surface area contributed by atoms with Crippen molar-refractivity contribution < 1.29 is 9.53 Å². The molecule has 1 saturated heterocycles. The average molecular weight is 242 g/mol. The topological polar surface area (TPSA) is 50.4 Å². The normalized spacial score (nSPS) is 28.6. The first-order chi connectivity index (χ1) is 7.94. The van der Waals surface area contributed by atoms with Crippen LogP contribution in [0.3, 0.4) is 0 Å². The second-order valence-corrected chi connectivity index (χ2v) is 5.44. The van der Waals surface area contributed by atoms with Crippen molar-refractivity contribution in [1.82, 2.24) is 10.6 Å². The summed E-state index contributed by atoms with van der Waals surface area (Å²) in [6.45, 7) is 9.94. The number of hydrogen-bond acceptors (Lipinski definition) is 3. The van der Waals surface area contributed by atoms with Gasteiger partial charge >= 0.3 is 0 Å². The molecule has 0 aliphatic carbocycles. The first-order valence-electron chi connectivity index (χ1n) is 6.60. The van der Waals surface area contributed by atoms with Crippen LogP contribution in [0, 0.1) is 0 Å². The van der Waals surface area contributed by atoms with Crippen LogP contribution >= 0.6 is 0 Å². The highest BCUT2D eigenvalue weighted by Crippen LogP contribution is 2.25. The molecule has 1 amide bonds. The molecular formula is C13H26N2O2. The van der Waals surface area contributed by atoms with Gasteiger partial charge in [-0.1, -0.05) is 13.8 Å². The fourth-order valence-electron chi connectivity index (χ4n) is 2.02. The molecule has 4 nitrogen and oxygen atoms in total. The van der Waals surface area contributed by atoms with Crippen molar-refractivity contribution in [2.24, 2.45) is 0 Å². The largest absolute Gasteiger partial charge is 0.376 e. The summed E-state index contributed by atoms with van der Waals surface area (Å²) in [5, 5.41) is 6.41. The van der Waals surface area contributed by atoms with Gasteiger partial charge in [-0.3, -0.25) is 4.79 Å². The van der Waals surface area contributed by atoms with E-state index in [9.17, 15) is 4.79 Å². The fraction of sp³-hybridized carbons (Fsp3) is 0.923. The zero-order chi connectivity index (χ0) is 12.9. The lowest BCUT2D eigenvalue weighted by Gasteiger charge is -2.28. The van der Waals surface area contributed by atoms with Crippen LogP contribution in [-0.2, 0) is 9.53 Å². The smallest absolute Gasteiger partial charge is 0.220 e. The first kappa shape index (κ1) is 14.5. The molecule has 0 spiro atoms. The third kappa shape index (κ3) is 4.64. The summed E-state index contributed by atoms with van der Waals surface area (Å²) in [7, 11) is 0. The van der Waals surface area contributed by atoms with Crippen LogP contribution in [0.15, 0.2) is 0 Å². The SMILES string of the molecule is CC(C)NCCCC(=O)NC1(C)CCOC1C. The van der Waals surface area contributed by atoms with Gasteiger partial charge in [-0.2, -0.15) is 0 Å². The van der Waals surface area contributed by atoms with E-state index in [-0.39, 0.29) is 17.6 Å². The van der Waals surface area contributed by atoms with Crippen molar-refractivity contribution in [2.75, 3.05) is 13.2 Å². The van der Waals surface area contributed by atoms with Gasteiger partial charge in [0.1, 0.15) is 0 Å². The number of ether oxygens (including phenoxy) is 1. The first-order valence-corrected chi connectivity index (χ1v) is 6.60. The quantitative estimate of drug-likeness (QED) is 0.693. The highest BCUT2D eigenvalue weighted by Gasteiger charge is 2.37. The molecule has 0 aromatic carbocycles. The molecule has 1 rings (SSSR count). The molecule has 0 radical (unpaired) electrons. The Morgan fingerprint density at radius 2 is 2.24 bits per heavy atom. The molecule has 17 heavy (non-hydrogen) atoms. The standard InChI is InChI=1S/C13H26N2O2/c1-10(2)14-8-5-6-12(16)15-13(4)7-9-17-11(13)3/h10-11,14H,5-9H2,1-4H3,(H,15,16). The lowest BCUT2D eigenvalue weighted by atomic mass is 9.94. The summed E-state index contributed by atoms with van der Waals surface area (Å²) >= 11 is 0. The molecule has 0 bridgehead atoms. The number of carbonyl (C=O) groups excluding carboxylic acids is 1. The molecule has 0 aromatic heterocycles. The highest BCUT2D eigenvalue weighted by molar-refractivity contribution is 5.76. The van der Waals surface area contributed by atoms with E-state index < -0.39 is 0 Å². The van der Waals surface area contributed by atoms with Crippen LogP contribution in [0.5, 0.6) is 0 Å². The van der Waals surface area contributed by atoms with Crippen LogP contribution in [0.4, 0.5) is 0 Å². The minimum Gasteiger partial charge on any atom is -0.376 e. The Labute approximate surface area is 104 Å². The van der Waals surface area contributed by atoms with Gasteiger partial charge in [0.25, 0.3) is 0 Å². The Bertz CT molecular complexity index is 256. The van der Waals surface area contributed by atoms with Crippen molar-refractivity contribution in [3.8, 4) is 0 Å². The zero-order valence-electron chi connectivity index (χ0n) is 11.5. The molecule has 2 unspecified atom stereocenters. The summed E-state index contributed by atoms with van der Waals surface area (Å²) in [6.07, 6.45) is 2.49. The van der Waals surface area contributed by atoms with Crippen LogP contribution < -0.4 is 10.6 Å². The van der Waals surface area contributed by atoms with Crippen molar-refractivity contribution >= 4 is 5.91 Å². The Hall–Kier alpha value is -0.610. The van der Waals surface area contributed by atoms with Crippen LogP contribution in [0.25, 0.3) is 0 Å². The number of amides is 1. The maximum Gasteiger partial charge on any atom is 0.220 e. The molecule has 2 atom stereocenters. The van der Waals surface area contributed by atoms with E-state index >= 15 is 0 Å². The van der Waals surface area contributed by atoms with E-state index in [4.69, 9.17) is 4.74 Å². The second kappa shape index (κ2) is 6.36. The minimum absolute atomic E-state index is 0.111. The summed E-state index contributed by atoms with van der Waals surface area (Å²) in [6, 6.07) is 0.485. The lowest BCUT2D eigenvalue weighted by Crippen LogP contribution is -2.50. The van der Waals surface area contributed by atoms with Crippen LogP contribution in [0.2, 0.25) is 0 Å². The van der Waals surface area contributed by atoms with Crippen molar-refractivity contribution in [3.05, 3.63) is 0 Å². The maximum absolute atomic E-state index is 11.8. The molecule has 4 heteroatoms. The molecule has 1 heterocycles. The van der Waals surface area contributed by atoms with Gasteiger partial charge in [-0.05, 0) is 33.2 Å². The van der Waals surface area contributed by atoms with Gasteiger partial charge in [0.05, 0.1) is 11.6 Å². The molecule has 100 valence electrons. The Balaban J connectivity index is 2.20. The van der Waals surface area contributed by atoms with E-state index in [1.807, 2.05) is 6.92 Å². The highest BCUT2D eigenvalue weighted by atomic mass is 16.5. The summed E-state index contributed by atoms with van der Waals surface area (Å²) in [4.78, 5) is 11.8. The van der Waals surface area contributed by atoms with E-state index in [2.05, 4.69) is 31.4 Å². The molecule has 1 aliphatic rings. The Kier molecular flexibility index (Phi) is 5.40. The molecule has 0 saturated carbocycles. The fourth-order valence-corrected chi connectivity index (χ4v) is 2.02. The van der Waals surface area contributed by atoms with Gasteiger partial charge in [-0.15, -0.1) is 0 Å². The van der Waals surface area contributed by atoms with Crippen LogP contribution in [0.1, 0.15) is 47.0 Å². The second-order valence-electron chi connectivity index (χ2n) is 5.44. The van der Waals surface area contributed by atoms with Gasteiger partial charge in [0.2, 0.25) is 5.91 Å². The average Bonchev–Trinajstić information content (AvgIpc) is 2.54. The minimum atomic E-state index is -0.178. The molecule has 1 fully saturated rings. The number of nitrogens with one attached hydrogen (secondary N) is 2. The van der Waals surface area contributed by atoms with E-state index in [0.29, 0.717) is 12.5 Å². The third-order valence-electron chi connectivity index (χ3n) is 3.44. The van der Waals surface area contributed by atoms with Crippen molar-refractivity contribution in [2.45, 2.75) is 64.6 Å². The number of rotatable bonds is 6. The summed E-state index contributed by atoms with van der Waals surface area (Å²) < 4.78 is 5.50. The molecule has 0 aromatic rings. The monoisotopic (exact) mass is 242 g/mol. The summed E-state index contributed by atoms with van der Waals surface area (Å²) in [5.74, 6) is 0.135. The molecular weight excluding hydrogens is 216 g/mol. The van der Waals surface area contributed by atoms with E-state index in [0.717, 1.165) is 26.0 Å². The van der Waals surface area contributed by atoms with Gasteiger partial charge in [0.15, 0.2) is 0 Å². The predicted molar refractivity (Wildman–Crippen MR) is 69.0 cm³/mol. The van der Waals surface area contributed by atoms with E-state index in [1.54, 1.807) is 0 Å². The van der Waals surface area contributed by atoms with Gasteiger partial charge in [-0.25, -0.2) is 0 Å². The summed E-state index contributed by atoms with van der Waals surface area (Å²) in [5.41, 5.74) is -0.178. The Morgan fingerprint density at radius 3 is 2.76 bits per heavy atom. The maximum atomic E-state index is 11.8. The van der Waals surface area contributed by atoms with Crippen molar-refractivity contribution in [3.63, 3.8) is 0 Å². The number of hydrogen-bond donors (Lipinski definition) is 2. The Morgan fingerprint density at radius 1 is 1.53 bits per heavy atom. The van der Waals surface area contributed by atoms with Gasteiger partial charge < -0.3 is 15.4 Å². The van der Waals surface area contributed by atoms with E-state index in [1.165, 1.54) is 0 Å². The van der Waals surface area contributed by atoms with Crippen LogP contribution in [-0.4, -0.2) is 36.7 Å². The third-order valence-corrected chi connectivity index (χ3v) is 3.44. The molecule has 1 aliphatic heterocycles. The lowest BCUT2D eigenvalue weighted by molar-refractivity contribution is -0.123. The zero-order valence-corrected chi connectivity index (χ0v) is 11.5. The predicted octanol–water partition coefficient (Wildman–Crippen LogP) is 1.45.